The molecule has 4 heterocycles. The largest absolute Gasteiger partial charge is 0.490 e. The monoisotopic (exact) mass is 543 g/mol. The van der Waals surface area contributed by atoms with Crippen LogP contribution in [-0.4, -0.2) is 60.6 Å². The number of rotatable bonds is 4. The molecule has 7 nitrogen and oxygen atoms in total. The molecule has 2 aliphatic heterocycles. The van der Waals surface area contributed by atoms with Crippen molar-refractivity contribution in [1.82, 2.24) is 20.2 Å². The first-order chi connectivity index (χ1) is 20.0. The third-order valence-corrected chi connectivity index (χ3v) is 8.36. The minimum absolute atomic E-state index is 0.129. The Morgan fingerprint density at radius 2 is 1.68 bits per heavy atom. The normalized spacial score (nSPS) is 17.6. The summed E-state index contributed by atoms with van der Waals surface area (Å²) >= 11 is 0. The van der Waals surface area contributed by atoms with Crippen molar-refractivity contribution < 1.29 is 9.53 Å². The maximum atomic E-state index is 13.1. The van der Waals surface area contributed by atoms with Gasteiger partial charge in [0.15, 0.2) is 0 Å². The van der Waals surface area contributed by atoms with Gasteiger partial charge >= 0.3 is 0 Å². The molecule has 41 heavy (non-hydrogen) atoms. The van der Waals surface area contributed by atoms with Crippen LogP contribution in [0.3, 0.4) is 0 Å². The van der Waals surface area contributed by atoms with Crippen molar-refractivity contribution in [2.75, 3.05) is 44.7 Å². The zero-order valence-corrected chi connectivity index (χ0v) is 23.4. The second-order valence-electron chi connectivity index (χ2n) is 11.1. The number of aromatic amines is 1. The number of amides is 1. The molecule has 206 valence electrons. The average molecular weight is 544 g/mol. The van der Waals surface area contributed by atoms with E-state index in [9.17, 15) is 4.79 Å². The Hall–Kier alpha value is -4.62. The van der Waals surface area contributed by atoms with Crippen LogP contribution in [0.1, 0.15) is 27.5 Å². The predicted octanol–water partition coefficient (Wildman–Crippen LogP) is 5.82. The summed E-state index contributed by atoms with van der Waals surface area (Å²) in [4.78, 5) is 26.0. The highest BCUT2D eigenvalue weighted by molar-refractivity contribution is 6.00. The fourth-order valence-corrected chi connectivity index (χ4v) is 5.95. The van der Waals surface area contributed by atoms with E-state index >= 15 is 0 Å². The van der Waals surface area contributed by atoms with Crippen molar-refractivity contribution in [1.29, 1.82) is 0 Å². The number of nitrogens with zero attached hydrogens (tertiary/aromatic N) is 3. The first-order valence-corrected chi connectivity index (χ1v) is 14.2. The summed E-state index contributed by atoms with van der Waals surface area (Å²) < 4.78 is 6.19. The molecule has 0 bridgehead atoms. The Bertz CT molecular complexity index is 1740. The van der Waals surface area contributed by atoms with Crippen LogP contribution in [0, 0.1) is 6.92 Å². The van der Waals surface area contributed by atoms with Gasteiger partial charge in [-0.3, -0.25) is 4.79 Å². The fraction of sp³-hybridized carbons (Fsp3) is 0.235. The molecule has 0 saturated carbocycles. The number of pyridine rings is 1. The van der Waals surface area contributed by atoms with Crippen LogP contribution in [0.2, 0.25) is 0 Å². The molecule has 7 rings (SSSR count). The zero-order chi connectivity index (χ0) is 27.9. The maximum Gasteiger partial charge on any atom is 0.255 e. The van der Waals surface area contributed by atoms with Gasteiger partial charge in [-0.25, -0.2) is 4.98 Å². The topological polar surface area (TPSA) is 73.5 Å². The Kier molecular flexibility index (Phi) is 6.44. The number of carbonyl (C=O) groups is 1. The zero-order valence-electron chi connectivity index (χ0n) is 23.4. The number of benzene rings is 3. The second-order valence-corrected chi connectivity index (χ2v) is 11.1. The van der Waals surface area contributed by atoms with E-state index in [0.717, 1.165) is 65.0 Å². The van der Waals surface area contributed by atoms with Crippen molar-refractivity contribution >= 4 is 22.6 Å². The third-order valence-electron chi connectivity index (χ3n) is 8.36. The van der Waals surface area contributed by atoms with E-state index in [0.29, 0.717) is 17.9 Å². The number of aromatic nitrogens is 2. The van der Waals surface area contributed by atoms with Crippen LogP contribution < -0.4 is 15.0 Å². The summed E-state index contributed by atoms with van der Waals surface area (Å²) in [6, 6.07) is 24.4. The van der Waals surface area contributed by atoms with Gasteiger partial charge < -0.3 is 24.8 Å². The number of aryl methyl sites for hydroxylation is 1. The van der Waals surface area contributed by atoms with Crippen molar-refractivity contribution in [3.8, 4) is 28.0 Å². The lowest BCUT2D eigenvalue weighted by Crippen LogP contribution is -2.44. The lowest BCUT2D eigenvalue weighted by molar-refractivity contribution is 0.0938. The minimum Gasteiger partial charge on any atom is -0.490 e. The predicted molar refractivity (Wildman–Crippen MR) is 164 cm³/mol. The summed E-state index contributed by atoms with van der Waals surface area (Å²) in [5.41, 5.74) is 9.19. The number of nitrogens with one attached hydrogen (secondary N) is 2. The van der Waals surface area contributed by atoms with E-state index in [2.05, 4.69) is 58.3 Å². The molecule has 1 atom stereocenters. The van der Waals surface area contributed by atoms with E-state index in [1.54, 1.807) is 0 Å². The molecular formula is C34H33N5O2. The van der Waals surface area contributed by atoms with Crippen molar-refractivity contribution in [2.24, 2.45) is 0 Å². The van der Waals surface area contributed by atoms with E-state index in [1.807, 2.05) is 60.9 Å². The lowest BCUT2D eigenvalue weighted by Gasteiger charge is -2.35. The molecule has 0 spiro atoms. The number of hydrogen-bond donors (Lipinski definition) is 2. The lowest BCUT2D eigenvalue weighted by atomic mass is 9.99. The Morgan fingerprint density at radius 3 is 2.49 bits per heavy atom. The first-order valence-electron chi connectivity index (χ1n) is 14.2. The molecule has 1 saturated heterocycles. The number of hydrogen-bond acceptors (Lipinski definition) is 5. The molecular weight excluding hydrogens is 510 g/mol. The number of fused-ring (bicyclic) bond motifs is 2. The number of carbonyl (C=O) groups excluding carboxylic acids is 1. The molecule has 2 N–H and O–H groups in total. The average Bonchev–Trinajstić information content (AvgIpc) is 3.35. The summed E-state index contributed by atoms with van der Waals surface area (Å²) in [5.74, 6) is 0.461. The third kappa shape index (κ3) is 4.83. The van der Waals surface area contributed by atoms with Gasteiger partial charge in [-0.1, -0.05) is 42.5 Å². The van der Waals surface area contributed by atoms with Gasteiger partial charge in [0, 0.05) is 60.8 Å². The minimum atomic E-state index is -0.203. The molecule has 2 aliphatic rings. The molecule has 7 heteroatoms. The first kappa shape index (κ1) is 25.4. The quantitative estimate of drug-likeness (QED) is 0.299. The van der Waals surface area contributed by atoms with Crippen LogP contribution in [0.4, 0.5) is 5.69 Å². The van der Waals surface area contributed by atoms with Crippen molar-refractivity contribution in [2.45, 2.75) is 13.0 Å². The Labute approximate surface area is 239 Å². The number of H-pyrrole nitrogens is 1. The highest BCUT2D eigenvalue weighted by Crippen LogP contribution is 2.36. The molecule has 0 aliphatic carbocycles. The van der Waals surface area contributed by atoms with Gasteiger partial charge in [0.05, 0.1) is 11.6 Å². The number of anilines is 1. The van der Waals surface area contributed by atoms with Gasteiger partial charge in [-0.15, -0.1) is 0 Å². The molecule has 1 amide bonds. The van der Waals surface area contributed by atoms with Crippen LogP contribution in [0.25, 0.3) is 33.3 Å². The van der Waals surface area contributed by atoms with Crippen molar-refractivity contribution in [3.63, 3.8) is 0 Å². The van der Waals surface area contributed by atoms with E-state index in [1.165, 1.54) is 11.3 Å². The Balaban J connectivity index is 1.18. The van der Waals surface area contributed by atoms with Crippen LogP contribution in [-0.2, 0) is 0 Å². The molecule has 5 aromatic rings. The number of likely N-dealkylation sites (N-methyl/N-ethyl adjacent to an activating group) is 1. The summed E-state index contributed by atoms with van der Waals surface area (Å²) in [5, 5.41) is 4.14. The maximum absolute atomic E-state index is 13.1. The van der Waals surface area contributed by atoms with E-state index < -0.39 is 0 Å². The van der Waals surface area contributed by atoms with E-state index in [4.69, 9.17) is 9.72 Å². The number of ether oxygens (including phenoxy) is 1. The molecule has 2 aromatic heterocycles. The second kappa shape index (κ2) is 10.4. The Morgan fingerprint density at radius 1 is 0.878 bits per heavy atom. The highest BCUT2D eigenvalue weighted by atomic mass is 16.5. The summed E-state index contributed by atoms with van der Waals surface area (Å²) in [7, 11) is 2.18. The van der Waals surface area contributed by atoms with E-state index in [-0.39, 0.29) is 11.9 Å². The molecule has 1 unspecified atom stereocenters. The fourth-order valence-electron chi connectivity index (χ4n) is 5.95. The van der Waals surface area contributed by atoms with Gasteiger partial charge in [0.25, 0.3) is 5.91 Å². The van der Waals surface area contributed by atoms with Gasteiger partial charge in [-0.05, 0) is 66.6 Å². The molecule has 0 radical (unpaired) electrons. The van der Waals surface area contributed by atoms with Gasteiger partial charge in [-0.2, -0.15) is 0 Å². The standard InChI is InChI=1S/C34H33N5O2/c1-22-16-24(9-11-31(22)39-14-12-38(2)13-15-39)26-17-28-29(20-36-33(28)35-19-26)25-8-10-27-32(18-25)41-21-30(37-34(27)40)23-6-4-3-5-7-23/h3-11,16-20,30H,12-15,21H2,1-2H3,(H,35,36)(H,37,40). The smallest absolute Gasteiger partial charge is 0.255 e. The highest BCUT2D eigenvalue weighted by Gasteiger charge is 2.25. The van der Waals surface area contributed by atoms with Crippen LogP contribution in [0.15, 0.2) is 85.2 Å². The van der Waals surface area contributed by atoms with Crippen molar-refractivity contribution in [3.05, 3.63) is 102 Å². The molecule has 1 fully saturated rings. The van der Waals surface area contributed by atoms with Gasteiger partial charge in [0.1, 0.15) is 18.0 Å². The molecule has 3 aromatic carbocycles. The summed E-state index contributed by atoms with van der Waals surface area (Å²) in [6.07, 6.45) is 3.91. The van der Waals surface area contributed by atoms with Gasteiger partial charge in [0.2, 0.25) is 0 Å². The van der Waals surface area contributed by atoms with Crippen LogP contribution in [0.5, 0.6) is 5.75 Å². The van der Waals surface area contributed by atoms with Crippen LogP contribution >= 0.6 is 0 Å². The SMILES string of the molecule is Cc1cc(-c2cnc3[nH]cc(-c4ccc5c(c4)OCC(c4ccccc4)NC5=O)c3c2)ccc1N1CCN(C)CC1. The summed E-state index contributed by atoms with van der Waals surface area (Å²) in [6.45, 7) is 6.84. The number of piperazine rings is 1.